The molecule has 1 heterocycles. The molecule has 0 aromatic heterocycles. The van der Waals surface area contributed by atoms with E-state index in [0.717, 1.165) is 28.6 Å². The number of aryl methyl sites for hydroxylation is 1. The summed E-state index contributed by atoms with van der Waals surface area (Å²) in [5.74, 6) is 0.159. The normalized spacial score (nSPS) is 15.1. The molecule has 0 bridgehead atoms. The molecule has 1 aliphatic heterocycles. The van der Waals surface area contributed by atoms with Crippen molar-refractivity contribution in [1.82, 2.24) is 5.32 Å². The summed E-state index contributed by atoms with van der Waals surface area (Å²) in [4.78, 5) is 27.2. The Morgan fingerprint density at radius 3 is 2.50 bits per heavy atom. The minimum absolute atomic E-state index is 0.250. The van der Waals surface area contributed by atoms with E-state index in [0.29, 0.717) is 16.7 Å². The van der Waals surface area contributed by atoms with Gasteiger partial charge >= 0.3 is 0 Å². The number of hydrogen-bond donors (Lipinski definition) is 1. The molecule has 0 saturated carbocycles. The van der Waals surface area contributed by atoms with Crippen LogP contribution in [0.1, 0.15) is 23.6 Å². The summed E-state index contributed by atoms with van der Waals surface area (Å²) in [6, 6.07) is 15.7. The van der Waals surface area contributed by atoms with Crippen LogP contribution in [0.2, 0.25) is 0 Å². The van der Waals surface area contributed by atoms with Crippen molar-refractivity contribution < 1.29 is 14.3 Å². The Kier molecular flexibility index (Phi) is 5.53. The van der Waals surface area contributed by atoms with E-state index in [-0.39, 0.29) is 11.8 Å². The lowest BCUT2D eigenvalue weighted by atomic mass is 10.1. The Hall–Kier alpha value is -2.86. The zero-order valence-corrected chi connectivity index (χ0v) is 15.3. The van der Waals surface area contributed by atoms with Crippen molar-refractivity contribution in [3.63, 3.8) is 0 Å². The van der Waals surface area contributed by atoms with Gasteiger partial charge in [0.05, 0.1) is 4.91 Å². The monoisotopic (exact) mass is 366 g/mol. The number of nitrogens with zero attached hydrogens (tertiary/aromatic N) is 1. The fourth-order valence-electron chi connectivity index (χ4n) is 2.28. The number of rotatable bonds is 4. The number of carbonyl (C=O) groups excluding carboxylic acids is 2. The second-order valence-electron chi connectivity index (χ2n) is 5.86. The highest BCUT2D eigenvalue weighted by Gasteiger charge is 2.22. The maximum atomic E-state index is 11.9. The third-order valence-corrected chi connectivity index (χ3v) is 4.51. The van der Waals surface area contributed by atoms with Crippen molar-refractivity contribution in [2.24, 2.45) is 4.99 Å². The predicted octanol–water partition coefficient (Wildman–Crippen LogP) is 3.68. The van der Waals surface area contributed by atoms with Crippen molar-refractivity contribution in [3.05, 3.63) is 70.1 Å². The van der Waals surface area contributed by atoms with Crippen LogP contribution < -0.4 is 10.1 Å². The van der Waals surface area contributed by atoms with Crippen LogP contribution in [0.15, 0.2) is 58.4 Å². The molecule has 1 N–H and O–H groups in total. The number of amides is 2. The van der Waals surface area contributed by atoms with Crippen molar-refractivity contribution in [2.45, 2.75) is 20.5 Å². The van der Waals surface area contributed by atoms with Crippen LogP contribution in [-0.4, -0.2) is 17.0 Å². The van der Waals surface area contributed by atoms with Crippen molar-refractivity contribution in [1.29, 1.82) is 0 Å². The number of carbonyl (C=O) groups is 2. The quantitative estimate of drug-likeness (QED) is 0.838. The fourth-order valence-corrected chi connectivity index (χ4v) is 3.14. The number of ether oxygens (including phenoxy) is 1. The lowest BCUT2D eigenvalue weighted by Crippen LogP contribution is -2.23. The van der Waals surface area contributed by atoms with Gasteiger partial charge in [-0.1, -0.05) is 42.0 Å². The number of thioether (sulfide) groups is 1. The Morgan fingerprint density at radius 2 is 1.85 bits per heavy atom. The molecular formula is C20H18N2O3S. The van der Waals surface area contributed by atoms with Gasteiger partial charge in [-0.15, -0.1) is 0 Å². The van der Waals surface area contributed by atoms with E-state index >= 15 is 0 Å². The second kappa shape index (κ2) is 8.01. The highest BCUT2D eigenvalue weighted by atomic mass is 32.2. The van der Waals surface area contributed by atoms with Crippen molar-refractivity contribution in [2.75, 3.05) is 0 Å². The summed E-state index contributed by atoms with van der Waals surface area (Å²) in [6.07, 6.45) is 1.75. The molecule has 0 saturated heterocycles. The van der Waals surface area contributed by atoms with Crippen LogP contribution in [0, 0.1) is 6.92 Å². The van der Waals surface area contributed by atoms with E-state index in [4.69, 9.17) is 4.74 Å². The summed E-state index contributed by atoms with van der Waals surface area (Å²) in [7, 11) is 0. The lowest BCUT2D eigenvalue weighted by Gasteiger charge is -2.07. The maximum Gasteiger partial charge on any atom is 0.286 e. The molecule has 0 spiro atoms. The number of aliphatic imine (C=N–C) groups is 1. The Labute approximate surface area is 156 Å². The van der Waals surface area contributed by atoms with Gasteiger partial charge in [0.25, 0.3) is 5.91 Å². The molecule has 0 aliphatic carbocycles. The number of amidine groups is 1. The number of benzene rings is 2. The Bertz CT molecular complexity index is 884. The molecule has 2 amide bonds. The standard InChI is InChI=1S/C20H18N2O3S/c1-13-3-5-16(6-4-13)12-25-17-9-7-15(8-10-17)11-18-19(24)22-20(26-18)21-14(2)23/h3-11H,12H2,1-2H3,(H,21,22,23,24)/b18-11-. The van der Waals surface area contributed by atoms with Crippen LogP contribution in [0.25, 0.3) is 6.08 Å². The van der Waals surface area contributed by atoms with E-state index < -0.39 is 0 Å². The smallest absolute Gasteiger partial charge is 0.286 e. The summed E-state index contributed by atoms with van der Waals surface area (Å²) < 4.78 is 5.78. The minimum atomic E-state index is -0.349. The average molecular weight is 366 g/mol. The predicted molar refractivity (Wildman–Crippen MR) is 104 cm³/mol. The molecule has 2 aromatic rings. The van der Waals surface area contributed by atoms with Crippen LogP contribution in [0.5, 0.6) is 5.75 Å². The minimum Gasteiger partial charge on any atom is -0.489 e. The Balaban J connectivity index is 1.60. The van der Waals surface area contributed by atoms with Crippen molar-refractivity contribution in [3.8, 4) is 5.75 Å². The third kappa shape index (κ3) is 4.83. The molecule has 132 valence electrons. The molecule has 1 aliphatic rings. The van der Waals surface area contributed by atoms with Gasteiger partial charge in [0.15, 0.2) is 5.17 Å². The first-order chi connectivity index (χ1) is 12.5. The highest BCUT2D eigenvalue weighted by molar-refractivity contribution is 8.18. The van der Waals surface area contributed by atoms with Crippen LogP contribution in [0.4, 0.5) is 0 Å². The van der Waals surface area contributed by atoms with Gasteiger partial charge < -0.3 is 10.1 Å². The molecule has 5 nitrogen and oxygen atoms in total. The number of nitrogens with one attached hydrogen (secondary N) is 1. The van der Waals surface area contributed by atoms with Gasteiger partial charge in [-0.05, 0) is 48.0 Å². The first-order valence-corrected chi connectivity index (χ1v) is 8.90. The molecule has 0 radical (unpaired) electrons. The van der Waals surface area contributed by atoms with E-state index in [1.165, 1.54) is 12.5 Å². The first-order valence-electron chi connectivity index (χ1n) is 8.08. The summed E-state index contributed by atoms with van der Waals surface area (Å²) in [5.41, 5.74) is 3.19. The van der Waals surface area contributed by atoms with Crippen molar-refractivity contribution >= 4 is 34.8 Å². The van der Waals surface area contributed by atoms with E-state index in [9.17, 15) is 9.59 Å². The fraction of sp³-hybridized carbons (Fsp3) is 0.150. The zero-order valence-electron chi connectivity index (χ0n) is 14.5. The molecular weight excluding hydrogens is 348 g/mol. The van der Waals surface area contributed by atoms with Gasteiger partial charge in [0.2, 0.25) is 5.91 Å². The molecule has 0 atom stereocenters. The van der Waals surface area contributed by atoms with Gasteiger partial charge in [0, 0.05) is 6.92 Å². The van der Waals surface area contributed by atoms with Gasteiger partial charge in [-0.2, -0.15) is 4.99 Å². The van der Waals surface area contributed by atoms with Crippen LogP contribution in [-0.2, 0) is 16.2 Å². The maximum absolute atomic E-state index is 11.9. The summed E-state index contributed by atoms with van der Waals surface area (Å²) >= 11 is 1.15. The van der Waals surface area contributed by atoms with Crippen LogP contribution >= 0.6 is 11.8 Å². The average Bonchev–Trinajstić information content (AvgIpc) is 2.94. The molecule has 0 fully saturated rings. The van der Waals surface area contributed by atoms with Gasteiger partial charge in [0.1, 0.15) is 12.4 Å². The molecule has 6 heteroatoms. The first kappa shape index (κ1) is 17.9. The van der Waals surface area contributed by atoms with Crippen LogP contribution in [0.3, 0.4) is 0 Å². The molecule has 3 rings (SSSR count). The van der Waals surface area contributed by atoms with Gasteiger partial charge in [-0.3, -0.25) is 9.59 Å². The SMILES string of the molecule is CC(=O)NC1=NC(=O)/C(=C/c2ccc(OCc3ccc(C)cc3)cc2)S1. The summed E-state index contributed by atoms with van der Waals surface area (Å²) in [6.45, 7) is 3.93. The topological polar surface area (TPSA) is 67.8 Å². The molecule has 26 heavy (non-hydrogen) atoms. The largest absolute Gasteiger partial charge is 0.489 e. The zero-order chi connectivity index (χ0) is 18.5. The molecule has 2 aromatic carbocycles. The van der Waals surface area contributed by atoms with E-state index in [2.05, 4.69) is 29.4 Å². The third-order valence-electron chi connectivity index (χ3n) is 3.61. The van der Waals surface area contributed by atoms with E-state index in [1.54, 1.807) is 6.08 Å². The number of hydrogen-bond acceptors (Lipinski definition) is 4. The molecule has 0 unspecified atom stereocenters. The van der Waals surface area contributed by atoms with Gasteiger partial charge in [-0.25, -0.2) is 0 Å². The Morgan fingerprint density at radius 1 is 1.15 bits per heavy atom. The summed E-state index contributed by atoms with van der Waals surface area (Å²) in [5, 5.41) is 2.84. The lowest BCUT2D eigenvalue weighted by molar-refractivity contribution is -0.117. The van der Waals surface area contributed by atoms with E-state index in [1.807, 2.05) is 36.4 Å². The second-order valence-corrected chi connectivity index (χ2v) is 6.89. The highest BCUT2D eigenvalue weighted by Crippen LogP contribution is 2.28.